The molecule has 2 aromatic rings. The summed E-state index contributed by atoms with van der Waals surface area (Å²) < 4.78 is 0. The first-order valence-corrected chi connectivity index (χ1v) is 7.24. The van der Waals surface area contributed by atoms with Crippen molar-refractivity contribution in [2.75, 3.05) is 26.7 Å². The zero-order valence-corrected chi connectivity index (χ0v) is 12.6. The van der Waals surface area contributed by atoms with Crippen LogP contribution in [0.4, 0.5) is 0 Å². The number of likely N-dealkylation sites (N-methyl/N-ethyl adjacent to an activating group) is 1. The van der Waals surface area contributed by atoms with Crippen molar-refractivity contribution in [2.24, 2.45) is 0 Å². The van der Waals surface area contributed by atoms with Crippen LogP contribution in [0.1, 0.15) is 10.4 Å². The van der Waals surface area contributed by atoms with Crippen molar-refractivity contribution in [3.05, 3.63) is 36.2 Å². The van der Waals surface area contributed by atoms with Crippen molar-refractivity contribution in [1.29, 1.82) is 0 Å². The van der Waals surface area contributed by atoms with Gasteiger partial charge in [0.2, 0.25) is 0 Å². The average molecular weight is 315 g/mol. The summed E-state index contributed by atoms with van der Waals surface area (Å²) in [5.74, 6) is -0.436. The molecule has 0 saturated carbocycles. The van der Waals surface area contributed by atoms with Crippen LogP contribution in [-0.2, 0) is 4.79 Å². The second-order valence-corrected chi connectivity index (χ2v) is 5.50. The van der Waals surface area contributed by atoms with Crippen molar-refractivity contribution in [3.8, 4) is 11.4 Å². The number of aromatic amines is 1. The topological polar surface area (TPSA) is 102 Å². The molecule has 0 radical (unpaired) electrons. The maximum Gasteiger partial charge on any atom is 0.322 e. The van der Waals surface area contributed by atoms with Gasteiger partial charge in [0, 0.05) is 30.8 Å². The predicted octanol–water partition coefficient (Wildman–Crippen LogP) is 0.312. The van der Waals surface area contributed by atoms with Crippen LogP contribution in [-0.4, -0.2) is 74.7 Å². The Balaban J connectivity index is 1.74. The summed E-state index contributed by atoms with van der Waals surface area (Å²) in [6, 6.07) is 6.35. The lowest BCUT2D eigenvalue weighted by molar-refractivity contribution is -0.144. The number of benzene rings is 1. The number of carboxylic acid groups (broad SMARTS) is 1. The molecule has 1 fully saturated rings. The largest absolute Gasteiger partial charge is 0.480 e. The minimum absolute atomic E-state index is 0.159. The highest BCUT2D eigenvalue weighted by atomic mass is 16.4. The second kappa shape index (κ2) is 6.17. The predicted molar refractivity (Wildman–Crippen MR) is 81.8 cm³/mol. The third-order valence-electron chi connectivity index (χ3n) is 4.04. The third kappa shape index (κ3) is 3.07. The van der Waals surface area contributed by atoms with Crippen molar-refractivity contribution in [2.45, 2.75) is 6.04 Å². The first-order chi connectivity index (χ1) is 11.1. The summed E-state index contributed by atoms with van der Waals surface area (Å²) in [7, 11) is 1.76. The lowest BCUT2D eigenvalue weighted by atomic mass is 10.1. The van der Waals surface area contributed by atoms with Gasteiger partial charge in [-0.15, -0.1) is 0 Å². The van der Waals surface area contributed by atoms with E-state index >= 15 is 0 Å². The van der Waals surface area contributed by atoms with Crippen LogP contribution in [0.2, 0.25) is 0 Å². The number of carboxylic acids is 1. The summed E-state index contributed by atoms with van der Waals surface area (Å²) in [5, 5.41) is 15.8. The van der Waals surface area contributed by atoms with Crippen LogP contribution < -0.4 is 0 Å². The second-order valence-electron chi connectivity index (χ2n) is 5.50. The summed E-state index contributed by atoms with van der Waals surface area (Å²) in [5.41, 5.74) is 1.36. The van der Waals surface area contributed by atoms with Crippen molar-refractivity contribution in [3.63, 3.8) is 0 Å². The maximum atomic E-state index is 12.6. The van der Waals surface area contributed by atoms with Crippen molar-refractivity contribution in [1.82, 2.24) is 25.0 Å². The number of nitrogens with zero attached hydrogens (tertiary/aromatic N) is 4. The number of amides is 1. The highest BCUT2D eigenvalue weighted by molar-refractivity contribution is 5.95. The number of carbonyl (C=O) groups is 2. The van der Waals surface area contributed by atoms with Gasteiger partial charge >= 0.3 is 5.97 Å². The van der Waals surface area contributed by atoms with E-state index in [9.17, 15) is 14.7 Å². The molecule has 23 heavy (non-hydrogen) atoms. The summed E-state index contributed by atoms with van der Waals surface area (Å²) in [6.45, 7) is 1.25. The van der Waals surface area contributed by atoms with Gasteiger partial charge in [-0.2, -0.15) is 5.10 Å². The molecule has 1 aromatic carbocycles. The van der Waals surface area contributed by atoms with E-state index in [2.05, 4.69) is 15.2 Å². The van der Waals surface area contributed by atoms with E-state index in [1.807, 2.05) is 0 Å². The van der Waals surface area contributed by atoms with E-state index < -0.39 is 12.0 Å². The lowest BCUT2D eigenvalue weighted by Crippen LogP contribution is -2.56. The van der Waals surface area contributed by atoms with E-state index in [0.717, 1.165) is 5.56 Å². The molecule has 1 amide bonds. The fourth-order valence-corrected chi connectivity index (χ4v) is 2.62. The molecule has 1 aliphatic rings. The van der Waals surface area contributed by atoms with Crippen LogP contribution in [0.3, 0.4) is 0 Å². The van der Waals surface area contributed by atoms with Gasteiger partial charge in [-0.25, -0.2) is 4.98 Å². The number of aliphatic carboxylic acids is 1. The number of H-pyrrole nitrogens is 1. The molecule has 1 atom stereocenters. The molecule has 3 rings (SSSR count). The fraction of sp³-hybridized carbons (Fsp3) is 0.333. The molecule has 0 bridgehead atoms. The fourth-order valence-electron chi connectivity index (χ4n) is 2.62. The number of aromatic nitrogens is 3. The Morgan fingerprint density at radius 3 is 2.61 bits per heavy atom. The number of piperazine rings is 1. The average Bonchev–Trinajstić information content (AvgIpc) is 3.09. The molecule has 0 aliphatic carbocycles. The van der Waals surface area contributed by atoms with E-state index in [-0.39, 0.29) is 12.5 Å². The van der Waals surface area contributed by atoms with Gasteiger partial charge in [-0.1, -0.05) is 12.1 Å². The molecule has 8 heteroatoms. The molecular weight excluding hydrogens is 298 g/mol. The molecule has 1 aromatic heterocycles. The smallest absolute Gasteiger partial charge is 0.322 e. The normalized spacial score (nSPS) is 18.8. The van der Waals surface area contributed by atoms with Crippen LogP contribution in [0.15, 0.2) is 30.6 Å². The van der Waals surface area contributed by atoms with Gasteiger partial charge in [0.15, 0.2) is 5.82 Å². The third-order valence-corrected chi connectivity index (χ3v) is 4.04. The Kier molecular flexibility index (Phi) is 4.07. The summed E-state index contributed by atoms with van der Waals surface area (Å²) in [4.78, 5) is 31.2. The van der Waals surface area contributed by atoms with E-state index in [4.69, 9.17) is 0 Å². The van der Waals surface area contributed by atoms with Crippen molar-refractivity contribution < 1.29 is 14.7 Å². The number of carbonyl (C=O) groups excluding carboxylic acids is 1. The van der Waals surface area contributed by atoms with Gasteiger partial charge < -0.3 is 10.0 Å². The number of hydrogen-bond acceptors (Lipinski definition) is 5. The lowest BCUT2D eigenvalue weighted by Gasteiger charge is -2.37. The molecule has 2 N–H and O–H groups in total. The summed E-state index contributed by atoms with van der Waals surface area (Å²) >= 11 is 0. The highest BCUT2D eigenvalue weighted by Crippen LogP contribution is 2.17. The summed E-state index contributed by atoms with van der Waals surface area (Å²) in [6.07, 6.45) is 1.42. The zero-order valence-electron chi connectivity index (χ0n) is 12.6. The minimum Gasteiger partial charge on any atom is -0.480 e. The monoisotopic (exact) mass is 315 g/mol. The molecule has 2 heterocycles. The van der Waals surface area contributed by atoms with E-state index in [1.165, 1.54) is 6.33 Å². The maximum absolute atomic E-state index is 12.6. The standard InChI is InChI=1S/C15H17N5O3/c1-19-6-7-20(8-12(19)15(22)23)14(21)11-4-2-10(3-5-11)13-16-9-17-18-13/h2-5,9,12H,6-8H2,1H3,(H,22,23)(H,16,17,18)/t12-/m1/s1. The molecule has 0 unspecified atom stereocenters. The van der Waals surface area contributed by atoms with Gasteiger partial charge in [0.1, 0.15) is 12.4 Å². The molecule has 0 spiro atoms. The Morgan fingerprint density at radius 2 is 2.00 bits per heavy atom. The Labute approximate surface area is 132 Å². The Morgan fingerprint density at radius 1 is 1.26 bits per heavy atom. The van der Waals surface area contributed by atoms with Crippen LogP contribution >= 0.6 is 0 Å². The van der Waals surface area contributed by atoms with E-state index in [1.54, 1.807) is 41.1 Å². The van der Waals surface area contributed by atoms with Gasteiger partial charge in [-0.3, -0.25) is 19.6 Å². The van der Waals surface area contributed by atoms with Crippen LogP contribution in [0, 0.1) is 0 Å². The number of nitrogens with one attached hydrogen (secondary N) is 1. The van der Waals surface area contributed by atoms with Gasteiger partial charge in [0.25, 0.3) is 5.91 Å². The molecule has 8 nitrogen and oxygen atoms in total. The van der Waals surface area contributed by atoms with Crippen LogP contribution in [0.5, 0.6) is 0 Å². The van der Waals surface area contributed by atoms with Gasteiger partial charge in [-0.05, 0) is 19.2 Å². The quantitative estimate of drug-likeness (QED) is 0.845. The SMILES string of the molecule is CN1CCN(C(=O)c2ccc(-c3ncn[nH]3)cc2)C[C@@H]1C(=O)O. The first kappa shape index (κ1) is 15.2. The minimum atomic E-state index is -0.911. The molecule has 120 valence electrons. The zero-order chi connectivity index (χ0) is 16.4. The molecule has 1 aliphatic heterocycles. The number of rotatable bonds is 3. The Hall–Kier alpha value is -2.74. The van der Waals surface area contributed by atoms with E-state index in [0.29, 0.717) is 24.5 Å². The Bertz CT molecular complexity index is 698. The van der Waals surface area contributed by atoms with Crippen molar-refractivity contribution >= 4 is 11.9 Å². The van der Waals surface area contributed by atoms with Gasteiger partial charge in [0.05, 0.1) is 0 Å². The number of hydrogen-bond donors (Lipinski definition) is 2. The molecular formula is C15H17N5O3. The first-order valence-electron chi connectivity index (χ1n) is 7.24. The molecule has 1 saturated heterocycles. The highest BCUT2D eigenvalue weighted by Gasteiger charge is 2.32. The van der Waals surface area contributed by atoms with Crippen LogP contribution in [0.25, 0.3) is 11.4 Å².